The van der Waals surface area contributed by atoms with Crippen LogP contribution in [-0.4, -0.2) is 44.5 Å². The van der Waals surface area contributed by atoms with Gasteiger partial charge in [0.25, 0.3) is 0 Å². The summed E-state index contributed by atoms with van der Waals surface area (Å²) in [5, 5.41) is 4.63. The zero-order valence-electron chi connectivity index (χ0n) is 13.2. The monoisotopic (exact) mass is 306 g/mol. The fourth-order valence-corrected chi connectivity index (χ4v) is 4.24. The van der Waals surface area contributed by atoms with Gasteiger partial charge in [-0.1, -0.05) is 19.3 Å². The highest BCUT2D eigenvalue weighted by Crippen LogP contribution is 2.28. The van der Waals surface area contributed by atoms with E-state index >= 15 is 0 Å². The molecular weight excluding hydrogens is 280 g/mol. The van der Waals surface area contributed by atoms with Gasteiger partial charge in [0, 0.05) is 25.6 Å². The van der Waals surface area contributed by atoms with Gasteiger partial charge in [-0.2, -0.15) is 9.78 Å². The van der Waals surface area contributed by atoms with Crippen molar-refractivity contribution in [2.24, 2.45) is 0 Å². The van der Waals surface area contributed by atoms with Crippen LogP contribution in [0.4, 0.5) is 0 Å². The minimum Gasteiger partial charge on any atom is -0.375 e. The molecule has 0 unspecified atom stereocenters. The Labute approximate surface area is 131 Å². The molecule has 2 aliphatic heterocycles. The van der Waals surface area contributed by atoms with Crippen LogP contribution in [0.25, 0.3) is 0 Å². The summed E-state index contributed by atoms with van der Waals surface area (Å²) in [7, 11) is 0. The van der Waals surface area contributed by atoms with Crippen LogP contribution in [0.5, 0.6) is 0 Å². The number of hydrogen-bond acceptors (Lipinski definition) is 4. The van der Waals surface area contributed by atoms with Crippen molar-refractivity contribution in [2.75, 3.05) is 13.2 Å². The molecule has 6 nitrogen and oxygen atoms in total. The van der Waals surface area contributed by atoms with E-state index in [0.717, 1.165) is 51.2 Å². The van der Waals surface area contributed by atoms with Gasteiger partial charge in [0.1, 0.15) is 5.82 Å². The van der Waals surface area contributed by atoms with Crippen molar-refractivity contribution < 1.29 is 4.74 Å². The molecule has 0 aromatic carbocycles. The topological polar surface area (TPSA) is 52.3 Å². The second-order valence-electron chi connectivity index (χ2n) is 6.88. The van der Waals surface area contributed by atoms with Crippen molar-refractivity contribution in [1.82, 2.24) is 19.2 Å². The predicted octanol–water partition coefficient (Wildman–Crippen LogP) is 1.37. The Morgan fingerprint density at radius 2 is 2.00 bits per heavy atom. The maximum Gasteiger partial charge on any atom is 0.347 e. The Morgan fingerprint density at radius 3 is 2.95 bits per heavy atom. The lowest BCUT2D eigenvalue weighted by Crippen LogP contribution is -2.53. The average molecular weight is 306 g/mol. The third kappa shape index (κ3) is 2.63. The van der Waals surface area contributed by atoms with Crippen molar-refractivity contribution >= 4 is 0 Å². The van der Waals surface area contributed by atoms with Gasteiger partial charge >= 0.3 is 5.69 Å². The molecule has 3 aliphatic rings. The van der Waals surface area contributed by atoms with E-state index in [1.54, 1.807) is 4.68 Å². The van der Waals surface area contributed by atoms with Crippen LogP contribution >= 0.6 is 0 Å². The molecule has 0 amide bonds. The Bertz CT molecular complexity index is 577. The Morgan fingerprint density at radius 1 is 1.09 bits per heavy atom. The van der Waals surface area contributed by atoms with E-state index in [2.05, 4.69) is 10.00 Å². The molecule has 1 aromatic rings. The van der Waals surface area contributed by atoms with E-state index in [-0.39, 0.29) is 5.69 Å². The summed E-state index contributed by atoms with van der Waals surface area (Å²) in [4.78, 5) is 15.0. The van der Waals surface area contributed by atoms with E-state index in [0.29, 0.717) is 18.8 Å². The van der Waals surface area contributed by atoms with Crippen LogP contribution < -0.4 is 5.69 Å². The standard InChI is InChI=1S/C16H26N4O2/c21-16-19-9-5-1-2-8-15(19)17-20(16)12-18-10-11-22-14-7-4-3-6-13(14)18/h13-14H,1-12H2/t13-,14-/m0/s1. The molecule has 1 aromatic heterocycles. The molecule has 2 fully saturated rings. The first kappa shape index (κ1) is 14.5. The van der Waals surface area contributed by atoms with Crippen molar-refractivity contribution in [3.63, 3.8) is 0 Å². The van der Waals surface area contributed by atoms with Gasteiger partial charge in [-0.15, -0.1) is 0 Å². The molecule has 0 spiro atoms. The first-order chi connectivity index (χ1) is 10.8. The van der Waals surface area contributed by atoms with Crippen LogP contribution in [-0.2, 0) is 24.4 Å². The van der Waals surface area contributed by atoms with Crippen molar-refractivity contribution in [2.45, 2.75) is 76.7 Å². The van der Waals surface area contributed by atoms with Gasteiger partial charge < -0.3 is 4.74 Å². The van der Waals surface area contributed by atoms with Crippen LogP contribution in [0.15, 0.2) is 4.79 Å². The molecule has 1 saturated heterocycles. The number of aryl methyl sites for hydroxylation is 1. The van der Waals surface area contributed by atoms with Crippen LogP contribution in [0.2, 0.25) is 0 Å². The molecule has 1 aliphatic carbocycles. The number of ether oxygens (including phenoxy) is 1. The predicted molar refractivity (Wildman–Crippen MR) is 82.7 cm³/mol. The van der Waals surface area contributed by atoms with Gasteiger partial charge in [-0.05, 0) is 25.7 Å². The van der Waals surface area contributed by atoms with Gasteiger partial charge in [-0.3, -0.25) is 9.47 Å². The molecule has 4 rings (SSSR count). The molecule has 0 bridgehead atoms. The lowest BCUT2D eigenvalue weighted by atomic mass is 9.90. The Hall–Kier alpha value is -1.14. The fraction of sp³-hybridized carbons (Fsp3) is 0.875. The first-order valence-electron chi connectivity index (χ1n) is 8.85. The Balaban J connectivity index is 1.54. The maximum absolute atomic E-state index is 12.6. The van der Waals surface area contributed by atoms with Crippen molar-refractivity contribution in [3.8, 4) is 0 Å². The fourth-order valence-electron chi connectivity index (χ4n) is 4.24. The summed E-state index contributed by atoms with van der Waals surface area (Å²) < 4.78 is 9.51. The highest BCUT2D eigenvalue weighted by atomic mass is 16.5. The quantitative estimate of drug-likeness (QED) is 0.828. The van der Waals surface area contributed by atoms with E-state index in [1.807, 2.05) is 4.57 Å². The lowest BCUT2D eigenvalue weighted by Gasteiger charge is -2.43. The highest BCUT2D eigenvalue weighted by Gasteiger charge is 2.34. The molecule has 1 saturated carbocycles. The normalized spacial score (nSPS) is 29.6. The third-order valence-corrected chi connectivity index (χ3v) is 5.44. The minimum atomic E-state index is 0.0794. The van der Waals surface area contributed by atoms with E-state index in [9.17, 15) is 4.79 Å². The molecule has 22 heavy (non-hydrogen) atoms. The molecule has 3 heterocycles. The van der Waals surface area contributed by atoms with Crippen LogP contribution in [0.3, 0.4) is 0 Å². The minimum absolute atomic E-state index is 0.0794. The number of hydrogen-bond donors (Lipinski definition) is 0. The number of morpholine rings is 1. The molecule has 6 heteroatoms. The van der Waals surface area contributed by atoms with E-state index in [4.69, 9.17) is 4.74 Å². The number of fused-ring (bicyclic) bond motifs is 2. The molecule has 2 atom stereocenters. The average Bonchev–Trinajstić information content (AvgIpc) is 2.73. The summed E-state index contributed by atoms with van der Waals surface area (Å²) in [6, 6.07) is 0.468. The number of aromatic nitrogens is 3. The zero-order chi connectivity index (χ0) is 14.9. The van der Waals surface area contributed by atoms with Crippen molar-refractivity contribution in [1.29, 1.82) is 0 Å². The second-order valence-corrected chi connectivity index (χ2v) is 6.88. The van der Waals surface area contributed by atoms with E-state index < -0.39 is 0 Å². The molecule has 0 N–H and O–H groups in total. The summed E-state index contributed by atoms with van der Waals surface area (Å²) in [5.41, 5.74) is 0.0794. The highest BCUT2D eigenvalue weighted by molar-refractivity contribution is 4.91. The lowest BCUT2D eigenvalue weighted by molar-refractivity contribution is -0.0996. The third-order valence-electron chi connectivity index (χ3n) is 5.44. The Kier molecular flexibility index (Phi) is 4.05. The van der Waals surface area contributed by atoms with Crippen LogP contribution in [0.1, 0.15) is 50.8 Å². The number of nitrogens with zero attached hydrogens (tertiary/aromatic N) is 4. The SMILES string of the molecule is O=c1n(CN2CCO[C@H]3CCCC[C@@H]32)nc2n1CCCCC2. The summed E-state index contributed by atoms with van der Waals surface area (Å²) >= 11 is 0. The maximum atomic E-state index is 12.6. The van der Waals surface area contributed by atoms with Gasteiger partial charge in [0.15, 0.2) is 0 Å². The van der Waals surface area contributed by atoms with Crippen LogP contribution in [0, 0.1) is 0 Å². The first-order valence-corrected chi connectivity index (χ1v) is 8.85. The van der Waals surface area contributed by atoms with E-state index in [1.165, 1.54) is 25.7 Å². The summed E-state index contributed by atoms with van der Waals surface area (Å²) in [6.07, 6.45) is 9.65. The zero-order valence-corrected chi connectivity index (χ0v) is 13.2. The molecule has 122 valence electrons. The van der Waals surface area contributed by atoms with Gasteiger partial charge in [0.05, 0.1) is 19.4 Å². The molecular formula is C16H26N4O2. The number of rotatable bonds is 2. The molecule has 0 radical (unpaired) electrons. The summed E-state index contributed by atoms with van der Waals surface area (Å²) in [6.45, 7) is 3.16. The van der Waals surface area contributed by atoms with Gasteiger partial charge in [-0.25, -0.2) is 4.79 Å². The largest absolute Gasteiger partial charge is 0.375 e. The summed E-state index contributed by atoms with van der Waals surface area (Å²) in [5.74, 6) is 0.982. The second kappa shape index (κ2) is 6.16. The smallest absolute Gasteiger partial charge is 0.347 e. The van der Waals surface area contributed by atoms with Gasteiger partial charge in [0.2, 0.25) is 0 Å². The van der Waals surface area contributed by atoms with Crippen molar-refractivity contribution in [3.05, 3.63) is 16.3 Å².